The summed E-state index contributed by atoms with van der Waals surface area (Å²) in [6, 6.07) is 10.2. The molecule has 1 aromatic carbocycles. The number of carbonyl (C=O) groups is 1. The van der Waals surface area contributed by atoms with Gasteiger partial charge in [-0.3, -0.25) is 9.69 Å². The minimum absolute atomic E-state index is 0.119. The maximum absolute atomic E-state index is 12.8. The molecule has 1 aromatic heterocycles. The Kier molecular flexibility index (Phi) is 6.09. The molecule has 0 aliphatic carbocycles. The van der Waals surface area contributed by atoms with E-state index in [1.54, 1.807) is 18.5 Å². The van der Waals surface area contributed by atoms with Gasteiger partial charge >= 0.3 is 6.01 Å². The summed E-state index contributed by atoms with van der Waals surface area (Å²) < 4.78 is 5.73. The third-order valence-corrected chi connectivity index (χ3v) is 5.50. The Balaban J connectivity index is 1.31. The van der Waals surface area contributed by atoms with E-state index in [9.17, 15) is 4.79 Å². The molecule has 1 fully saturated rings. The average Bonchev–Trinajstić information content (AvgIpc) is 3.15. The monoisotopic (exact) mass is 405 g/mol. The van der Waals surface area contributed by atoms with E-state index < -0.39 is 0 Å². The summed E-state index contributed by atoms with van der Waals surface area (Å²) in [5, 5.41) is 6.34. The molecule has 2 N–H and O–H groups in total. The second-order valence-electron chi connectivity index (χ2n) is 8.03. The highest BCUT2D eigenvalue weighted by Crippen LogP contribution is 2.31. The van der Waals surface area contributed by atoms with Crippen LogP contribution in [0.25, 0.3) is 0 Å². The zero-order chi connectivity index (χ0) is 20.8. The number of aromatic nitrogens is 2. The third-order valence-electron chi connectivity index (χ3n) is 5.50. The third kappa shape index (κ3) is 5.04. The molecule has 0 saturated carbocycles. The van der Waals surface area contributed by atoms with Gasteiger partial charge in [0.05, 0.1) is 11.5 Å². The van der Waals surface area contributed by atoms with Crippen LogP contribution in [0.5, 0.6) is 11.8 Å². The Morgan fingerprint density at radius 1 is 1.30 bits per heavy atom. The molecule has 2 aliphatic rings. The van der Waals surface area contributed by atoms with E-state index in [-0.39, 0.29) is 17.4 Å². The molecule has 2 atom stereocenters. The van der Waals surface area contributed by atoms with Crippen LogP contribution in [-0.4, -0.2) is 46.5 Å². The molecule has 30 heavy (non-hydrogen) atoms. The fourth-order valence-electron chi connectivity index (χ4n) is 3.82. The number of carbonyl (C=O) groups excluding carboxylic acids is 1. The fraction of sp³-hybridized carbons (Fsp3) is 0.348. The summed E-state index contributed by atoms with van der Waals surface area (Å²) in [5.74, 6) is 0.827. The second-order valence-corrected chi connectivity index (χ2v) is 8.03. The van der Waals surface area contributed by atoms with E-state index in [0.717, 1.165) is 31.6 Å². The van der Waals surface area contributed by atoms with E-state index in [4.69, 9.17) is 4.74 Å². The number of dihydropyridines is 1. The zero-order valence-electron chi connectivity index (χ0n) is 17.1. The minimum atomic E-state index is -0.375. The number of likely N-dealkylation sites (tertiary alicyclic amines) is 1. The molecule has 0 spiro atoms. The zero-order valence-corrected chi connectivity index (χ0v) is 17.1. The Morgan fingerprint density at radius 2 is 2.17 bits per heavy atom. The Bertz CT molecular complexity index is 930. The largest absolute Gasteiger partial charge is 0.424 e. The highest BCUT2D eigenvalue weighted by molar-refractivity contribution is 5.82. The van der Waals surface area contributed by atoms with Crippen molar-refractivity contribution < 1.29 is 9.53 Å². The molecule has 7 nitrogen and oxygen atoms in total. The molecule has 156 valence electrons. The normalized spacial score (nSPS) is 23.2. The standard InChI is InChI=1S/C23H27N5O2/c1-23(21(29)27-15-19-7-2-3-10-24-19)9-13-28(17-23)16-18-6-4-8-20(14-18)30-22-25-11-5-12-26-22/h2-8,10-12,14,19,24H,9,13,15-17H2,1H3,(H,27,29). The van der Waals surface area contributed by atoms with Gasteiger partial charge in [0.1, 0.15) is 5.75 Å². The van der Waals surface area contributed by atoms with Crippen molar-refractivity contribution in [2.24, 2.45) is 5.41 Å². The van der Waals surface area contributed by atoms with E-state index >= 15 is 0 Å². The van der Waals surface area contributed by atoms with Gasteiger partial charge in [0.2, 0.25) is 5.91 Å². The summed E-state index contributed by atoms with van der Waals surface area (Å²) in [7, 11) is 0. The van der Waals surface area contributed by atoms with E-state index in [1.807, 2.05) is 36.6 Å². The minimum Gasteiger partial charge on any atom is -0.424 e. The number of hydrogen-bond donors (Lipinski definition) is 2. The number of allylic oxidation sites excluding steroid dienone is 2. The molecule has 7 heteroatoms. The smallest absolute Gasteiger partial charge is 0.321 e. The molecular formula is C23H27N5O2. The first-order valence-electron chi connectivity index (χ1n) is 10.2. The number of ether oxygens (including phenoxy) is 1. The first-order chi connectivity index (χ1) is 14.6. The van der Waals surface area contributed by atoms with Crippen molar-refractivity contribution >= 4 is 5.91 Å². The van der Waals surface area contributed by atoms with Crippen LogP contribution in [0.15, 0.2) is 67.2 Å². The lowest BCUT2D eigenvalue weighted by molar-refractivity contribution is -0.129. The van der Waals surface area contributed by atoms with Crippen LogP contribution in [0, 0.1) is 5.41 Å². The lowest BCUT2D eigenvalue weighted by Gasteiger charge is -2.25. The summed E-state index contributed by atoms with van der Waals surface area (Å²) >= 11 is 0. The predicted molar refractivity (Wildman–Crippen MR) is 115 cm³/mol. The number of hydrogen-bond acceptors (Lipinski definition) is 6. The summed E-state index contributed by atoms with van der Waals surface area (Å²) in [5.41, 5.74) is 0.761. The Morgan fingerprint density at radius 3 is 2.97 bits per heavy atom. The highest BCUT2D eigenvalue weighted by atomic mass is 16.5. The average molecular weight is 406 g/mol. The van der Waals surface area contributed by atoms with Crippen molar-refractivity contribution in [3.63, 3.8) is 0 Å². The Labute approximate surface area is 176 Å². The van der Waals surface area contributed by atoms with Crippen molar-refractivity contribution in [1.29, 1.82) is 0 Å². The van der Waals surface area contributed by atoms with E-state index in [0.29, 0.717) is 18.3 Å². The van der Waals surface area contributed by atoms with Crippen molar-refractivity contribution in [3.8, 4) is 11.8 Å². The van der Waals surface area contributed by atoms with Gasteiger partial charge in [0.25, 0.3) is 0 Å². The first-order valence-corrected chi connectivity index (χ1v) is 10.2. The molecule has 1 saturated heterocycles. The van der Waals surface area contributed by atoms with Gasteiger partial charge in [-0.2, -0.15) is 0 Å². The first kappa shape index (κ1) is 20.1. The SMILES string of the molecule is CC1(C(=O)NCC2C=CC=CN2)CCN(Cc2cccc(Oc3ncccn3)c2)C1. The van der Waals surface area contributed by atoms with Crippen LogP contribution in [0.2, 0.25) is 0 Å². The lowest BCUT2D eigenvalue weighted by Crippen LogP contribution is -2.45. The van der Waals surface area contributed by atoms with Crippen LogP contribution in [0.4, 0.5) is 0 Å². The fourth-order valence-corrected chi connectivity index (χ4v) is 3.82. The van der Waals surface area contributed by atoms with Gasteiger partial charge in [-0.25, -0.2) is 9.97 Å². The van der Waals surface area contributed by atoms with Crippen LogP contribution >= 0.6 is 0 Å². The molecule has 2 unspecified atom stereocenters. The number of nitrogens with zero attached hydrogens (tertiary/aromatic N) is 3. The topological polar surface area (TPSA) is 79.4 Å². The molecule has 0 bridgehead atoms. The van der Waals surface area contributed by atoms with Crippen LogP contribution in [0.1, 0.15) is 18.9 Å². The van der Waals surface area contributed by atoms with Crippen LogP contribution < -0.4 is 15.4 Å². The van der Waals surface area contributed by atoms with Gasteiger partial charge in [0, 0.05) is 32.0 Å². The van der Waals surface area contributed by atoms with Gasteiger partial charge in [0.15, 0.2) is 0 Å². The lowest BCUT2D eigenvalue weighted by atomic mass is 9.88. The van der Waals surface area contributed by atoms with Crippen LogP contribution in [-0.2, 0) is 11.3 Å². The molecule has 3 heterocycles. The van der Waals surface area contributed by atoms with Crippen LogP contribution in [0.3, 0.4) is 0 Å². The maximum Gasteiger partial charge on any atom is 0.321 e. The summed E-state index contributed by atoms with van der Waals surface area (Å²) in [4.78, 5) is 23.3. The molecule has 4 rings (SSSR count). The van der Waals surface area contributed by atoms with E-state index in [2.05, 4.69) is 44.6 Å². The highest BCUT2D eigenvalue weighted by Gasteiger charge is 2.40. The molecule has 1 amide bonds. The van der Waals surface area contributed by atoms with Crippen molar-refractivity contribution in [1.82, 2.24) is 25.5 Å². The Hall–Kier alpha value is -3.19. The van der Waals surface area contributed by atoms with E-state index in [1.165, 1.54) is 0 Å². The number of nitrogens with one attached hydrogen (secondary N) is 2. The number of benzene rings is 1. The summed E-state index contributed by atoms with van der Waals surface area (Å²) in [6.07, 6.45) is 12.0. The second kappa shape index (κ2) is 9.09. The molecular weight excluding hydrogens is 378 g/mol. The molecule has 0 radical (unpaired) electrons. The molecule has 2 aliphatic heterocycles. The number of rotatable bonds is 7. The van der Waals surface area contributed by atoms with Gasteiger partial charge < -0.3 is 15.4 Å². The van der Waals surface area contributed by atoms with Crippen molar-refractivity contribution in [2.75, 3.05) is 19.6 Å². The van der Waals surface area contributed by atoms with Gasteiger partial charge in [-0.15, -0.1) is 0 Å². The van der Waals surface area contributed by atoms with Crippen molar-refractivity contribution in [2.45, 2.75) is 25.9 Å². The molecule has 2 aromatic rings. The predicted octanol–water partition coefficient (Wildman–Crippen LogP) is 2.64. The van der Waals surface area contributed by atoms with Gasteiger partial charge in [-0.05, 0) is 55.9 Å². The quantitative estimate of drug-likeness (QED) is 0.737. The number of amides is 1. The summed E-state index contributed by atoms with van der Waals surface area (Å²) in [6.45, 7) is 5.04. The van der Waals surface area contributed by atoms with Crippen molar-refractivity contribution in [3.05, 3.63) is 72.7 Å². The van der Waals surface area contributed by atoms with Gasteiger partial charge in [-0.1, -0.05) is 24.3 Å². The maximum atomic E-state index is 12.8.